The van der Waals surface area contributed by atoms with Crippen molar-refractivity contribution in [2.24, 2.45) is 0 Å². The number of pyridine rings is 1. The van der Waals surface area contributed by atoms with Gasteiger partial charge in [-0.1, -0.05) is 0 Å². The largest absolute Gasteiger partial charge is 0.371 e. The summed E-state index contributed by atoms with van der Waals surface area (Å²) in [6, 6.07) is 1.15. The molecule has 0 saturated carbocycles. The quantitative estimate of drug-likeness (QED) is 0.879. The van der Waals surface area contributed by atoms with Gasteiger partial charge in [0.2, 0.25) is 0 Å². The number of hydrogen-bond donors (Lipinski definition) is 1. The lowest BCUT2D eigenvalue weighted by Crippen LogP contribution is -2.32. The molecule has 1 N–H and O–H groups in total. The van der Waals surface area contributed by atoms with Crippen molar-refractivity contribution in [3.63, 3.8) is 0 Å². The van der Waals surface area contributed by atoms with E-state index in [1.165, 1.54) is 20.3 Å². The van der Waals surface area contributed by atoms with Crippen LogP contribution in [0.3, 0.4) is 0 Å². The summed E-state index contributed by atoms with van der Waals surface area (Å²) in [5.74, 6) is -1.75. The van der Waals surface area contributed by atoms with Gasteiger partial charge >= 0.3 is 0 Å². The predicted molar refractivity (Wildman–Crippen MR) is 56.7 cm³/mol. The third-order valence-corrected chi connectivity index (χ3v) is 2.11. The Morgan fingerprint density at radius 1 is 1.59 bits per heavy atom. The molecule has 4 nitrogen and oxygen atoms in total. The van der Waals surface area contributed by atoms with Crippen molar-refractivity contribution in [3.8, 4) is 0 Å². The van der Waals surface area contributed by atoms with Crippen LogP contribution in [0.2, 0.25) is 0 Å². The van der Waals surface area contributed by atoms with Crippen LogP contribution in [0.5, 0.6) is 0 Å². The Bertz CT molecular complexity index is 412. The van der Waals surface area contributed by atoms with Crippen LogP contribution in [0.25, 0.3) is 0 Å². The first-order chi connectivity index (χ1) is 7.97. The van der Waals surface area contributed by atoms with Crippen molar-refractivity contribution in [3.05, 3.63) is 23.6 Å². The molecule has 1 aromatic heterocycles. The molecular weight excluding hydrogens is 235 g/mol. The summed E-state index contributed by atoms with van der Waals surface area (Å²) in [6.45, 7) is -0.741. The molecule has 1 aromatic rings. The Kier molecular flexibility index (Phi) is 4.30. The summed E-state index contributed by atoms with van der Waals surface area (Å²) < 4.78 is 37.9. The van der Waals surface area contributed by atoms with E-state index in [4.69, 9.17) is 0 Å². The number of anilines is 1. The number of halogens is 3. The van der Waals surface area contributed by atoms with Crippen LogP contribution in [-0.4, -0.2) is 42.9 Å². The smallest absolute Gasteiger partial charge is 0.256 e. The van der Waals surface area contributed by atoms with Gasteiger partial charge in [-0.05, 0) is 6.07 Å². The molecule has 0 bridgehead atoms. The maximum Gasteiger partial charge on any atom is 0.256 e. The SMILES string of the molecule is CNc1nccc(C(=O)N(C)CC(F)F)c1F. The second-order valence-electron chi connectivity index (χ2n) is 3.35. The monoisotopic (exact) mass is 247 g/mol. The third-order valence-electron chi connectivity index (χ3n) is 2.11. The molecule has 1 heterocycles. The van der Waals surface area contributed by atoms with E-state index in [1.807, 2.05) is 0 Å². The third kappa shape index (κ3) is 3.08. The van der Waals surface area contributed by atoms with Crippen LogP contribution >= 0.6 is 0 Å². The molecule has 0 radical (unpaired) electrons. The molecule has 0 atom stereocenters. The number of carbonyl (C=O) groups is 1. The lowest BCUT2D eigenvalue weighted by molar-refractivity contribution is 0.0616. The lowest BCUT2D eigenvalue weighted by atomic mass is 10.2. The van der Waals surface area contributed by atoms with Crippen molar-refractivity contribution in [1.82, 2.24) is 9.88 Å². The van der Waals surface area contributed by atoms with E-state index in [-0.39, 0.29) is 11.4 Å². The van der Waals surface area contributed by atoms with Gasteiger partial charge in [0.1, 0.15) is 0 Å². The maximum absolute atomic E-state index is 13.7. The van der Waals surface area contributed by atoms with Crippen LogP contribution < -0.4 is 5.32 Å². The number of nitrogens with one attached hydrogen (secondary N) is 1. The van der Waals surface area contributed by atoms with Crippen LogP contribution in [0.15, 0.2) is 12.3 Å². The van der Waals surface area contributed by atoms with Gasteiger partial charge in [-0.2, -0.15) is 0 Å². The molecule has 17 heavy (non-hydrogen) atoms. The zero-order valence-electron chi connectivity index (χ0n) is 9.38. The Hall–Kier alpha value is -1.79. The van der Waals surface area contributed by atoms with Crippen LogP contribution in [-0.2, 0) is 0 Å². The van der Waals surface area contributed by atoms with E-state index in [2.05, 4.69) is 10.3 Å². The lowest BCUT2D eigenvalue weighted by Gasteiger charge is -2.17. The molecule has 0 saturated heterocycles. The molecule has 0 aliphatic heterocycles. The molecular formula is C10H12F3N3O. The number of hydrogen-bond acceptors (Lipinski definition) is 3. The van der Waals surface area contributed by atoms with E-state index in [9.17, 15) is 18.0 Å². The molecule has 0 aliphatic carbocycles. The van der Waals surface area contributed by atoms with Crippen molar-refractivity contribution in [2.45, 2.75) is 6.43 Å². The highest BCUT2D eigenvalue weighted by molar-refractivity contribution is 5.95. The standard InChI is InChI=1S/C10H12F3N3O/c1-14-9-8(13)6(3-4-15-9)10(17)16(2)5-7(11)12/h3-4,7H,5H2,1-2H3,(H,14,15). The average Bonchev–Trinajstić information content (AvgIpc) is 2.27. The van der Waals surface area contributed by atoms with E-state index in [1.54, 1.807) is 0 Å². The summed E-state index contributed by atoms with van der Waals surface area (Å²) in [5, 5.41) is 2.47. The first-order valence-electron chi connectivity index (χ1n) is 4.83. The second kappa shape index (κ2) is 5.51. The van der Waals surface area contributed by atoms with Crippen LogP contribution in [0, 0.1) is 5.82 Å². The second-order valence-corrected chi connectivity index (χ2v) is 3.35. The zero-order valence-corrected chi connectivity index (χ0v) is 9.38. The van der Waals surface area contributed by atoms with E-state index in [0.717, 1.165) is 11.0 Å². The van der Waals surface area contributed by atoms with E-state index < -0.39 is 24.7 Å². The zero-order chi connectivity index (χ0) is 13.0. The molecule has 1 rings (SSSR count). The molecule has 0 aromatic carbocycles. The highest BCUT2D eigenvalue weighted by Crippen LogP contribution is 2.16. The van der Waals surface area contributed by atoms with Gasteiger partial charge in [0.15, 0.2) is 11.6 Å². The fourth-order valence-corrected chi connectivity index (χ4v) is 1.28. The summed E-state index contributed by atoms with van der Waals surface area (Å²) >= 11 is 0. The minimum Gasteiger partial charge on any atom is -0.371 e. The Labute approximate surface area is 96.4 Å². The number of nitrogens with zero attached hydrogens (tertiary/aromatic N) is 2. The van der Waals surface area contributed by atoms with Crippen LogP contribution in [0.1, 0.15) is 10.4 Å². The number of aromatic nitrogens is 1. The Morgan fingerprint density at radius 2 is 2.24 bits per heavy atom. The van der Waals surface area contributed by atoms with Gasteiger partial charge in [-0.25, -0.2) is 18.2 Å². The van der Waals surface area contributed by atoms with Crippen molar-refractivity contribution in [1.29, 1.82) is 0 Å². The van der Waals surface area contributed by atoms with Crippen molar-refractivity contribution in [2.75, 3.05) is 26.0 Å². The molecule has 0 spiro atoms. The normalized spacial score (nSPS) is 10.5. The summed E-state index contributed by atoms with van der Waals surface area (Å²) in [7, 11) is 2.63. The fraction of sp³-hybridized carbons (Fsp3) is 0.400. The van der Waals surface area contributed by atoms with Gasteiger partial charge in [-0.3, -0.25) is 4.79 Å². The minimum atomic E-state index is -2.65. The van der Waals surface area contributed by atoms with Gasteiger partial charge in [0.25, 0.3) is 12.3 Å². The molecule has 0 aliphatic rings. The van der Waals surface area contributed by atoms with Gasteiger partial charge < -0.3 is 10.2 Å². The Morgan fingerprint density at radius 3 is 2.76 bits per heavy atom. The van der Waals surface area contributed by atoms with Gasteiger partial charge in [0.05, 0.1) is 12.1 Å². The van der Waals surface area contributed by atoms with Crippen molar-refractivity contribution < 1.29 is 18.0 Å². The minimum absolute atomic E-state index is 0.0960. The number of alkyl halides is 2. The highest BCUT2D eigenvalue weighted by Gasteiger charge is 2.20. The first kappa shape index (κ1) is 13.3. The summed E-state index contributed by atoms with van der Waals surface area (Å²) in [6.07, 6.45) is -1.42. The number of carbonyl (C=O) groups excluding carboxylic acids is 1. The summed E-state index contributed by atoms with van der Waals surface area (Å²) in [5.41, 5.74) is -0.285. The fourth-order valence-electron chi connectivity index (χ4n) is 1.28. The predicted octanol–water partition coefficient (Wildman–Crippen LogP) is 1.60. The topological polar surface area (TPSA) is 45.2 Å². The van der Waals surface area contributed by atoms with E-state index >= 15 is 0 Å². The molecule has 0 fully saturated rings. The number of amides is 1. The average molecular weight is 247 g/mol. The molecule has 0 unspecified atom stereocenters. The van der Waals surface area contributed by atoms with Gasteiger partial charge in [0, 0.05) is 20.3 Å². The summed E-state index contributed by atoms with van der Waals surface area (Å²) in [4.78, 5) is 16.1. The molecule has 94 valence electrons. The molecule has 1 amide bonds. The van der Waals surface area contributed by atoms with E-state index in [0.29, 0.717) is 0 Å². The number of rotatable bonds is 4. The van der Waals surface area contributed by atoms with Crippen molar-refractivity contribution >= 4 is 11.7 Å². The van der Waals surface area contributed by atoms with Crippen LogP contribution in [0.4, 0.5) is 19.0 Å². The molecule has 7 heteroatoms. The first-order valence-corrected chi connectivity index (χ1v) is 4.83. The maximum atomic E-state index is 13.7. The Balaban J connectivity index is 2.96. The highest BCUT2D eigenvalue weighted by atomic mass is 19.3. The van der Waals surface area contributed by atoms with Gasteiger partial charge in [-0.15, -0.1) is 0 Å².